The molecule has 0 bridgehead atoms. The summed E-state index contributed by atoms with van der Waals surface area (Å²) in [5.74, 6) is 0. The van der Waals surface area contributed by atoms with Gasteiger partial charge < -0.3 is 17.0 Å². The van der Waals surface area contributed by atoms with Crippen molar-refractivity contribution in [2.24, 2.45) is 7.05 Å². The molecule has 20 heavy (non-hydrogen) atoms. The Morgan fingerprint density at radius 2 is 1.60 bits per heavy atom. The van der Waals surface area contributed by atoms with E-state index in [2.05, 4.69) is 84.2 Å². The number of halogens is 1. The standard InChI is InChI=1S/C17H17N2.ClH/c1-18(12-14-8-4-3-5-9-14)17-13-19(2)16-11-7-6-10-15(16)17;/h3-13H,1-2H3;1H/q+1;/p-1. The summed E-state index contributed by atoms with van der Waals surface area (Å²) in [6.45, 7) is 0. The molecule has 0 saturated heterocycles. The molecule has 0 amide bonds. The molecule has 0 saturated carbocycles. The third-order valence-corrected chi connectivity index (χ3v) is 3.40. The number of aromatic nitrogens is 1. The maximum Gasteiger partial charge on any atom is 0.230 e. The highest BCUT2D eigenvalue weighted by atomic mass is 35.5. The van der Waals surface area contributed by atoms with Crippen LogP contribution in [-0.2, 0) is 7.05 Å². The van der Waals surface area contributed by atoms with Crippen LogP contribution >= 0.6 is 0 Å². The molecule has 1 aromatic heterocycles. The van der Waals surface area contributed by atoms with Crippen molar-refractivity contribution in [1.82, 2.24) is 4.57 Å². The number of benzene rings is 2. The summed E-state index contributed by atoms with van der Waals surface area (Å²) in [5.41, 5.74) is 3.69. The smallest absolute Gasteiger partial charge is 0.230 e. The van der Waals surface area contributed by atoms with E-state index < -0.39 is 0 Å². The largest absolute Gasteiger partial charge is 1.00 e. The topological polar surface area (TPSA) is 7.94 Å². The lowest BCUT2D eigenvalue weighted by Gasteiger charge is -1.95. The van der Waals surface area contributed by atoms with Crippen molar-refractivity contribution in [3.63, 3.8) is 0 Å². The maximum absolute atomic E-state index is 2.18. The van der Waals surface area contributed by atoms with Gasteiger partial charge in [-0.1, -0.05) is 30.3 Å². The Morgan fingerprint density at radius 3 is 2.35 bits per heavy atom. The molecule has 0 spiro atoms. The Labute approximate surface area is 125 Å². The van der Waals surface area contributed by atoms with E-state index in [0.29, 0.717) is 0 Å². The van der Waals surface area contributed by atoms with Crippen LogP contribution < -0.4 is 12.4 Å². The van der Waals surface area contributed by atoms with Gasteiger partial charge >= 0.3 is 0 Å². The molecule has 3 rings (SSSR count). The van der Waals surface area contributed by atoms with E-state index in [1.807, 2.05) is 6.07 Å². The molecule has 0 unspecified atom stereocenters. The van der Waals surface area contributed by atoms with Gasteiger partial charge in [-0.05, 0) is 24.3 Å². The molecular formula is C17H17ClN2. The summed E-state index contributed by atoms with van der Waals surface area (Å²) >= 11 is 0. The van der Waals surface area contributed by atoms with Gasteiger partial charge in [0.1, 0.15) is 7.05 Å². The predicted octanol–water partition coefficient (Wildman–Crippen LogP) is 0.575. The number of para-hydroxylation sites is 1. The number of rotatable bonds is 2. The first-order valence-electron chi connectivity index (χ1n) is 6.42. The molecule has 0 aliphatic carbocycles. The highest BCUT2D eigenvalue weighted by Gasteiger charge is 2.13. The summed E-state index contributed by atoms with van der Waals surface area (Å²) in [6.07, 6.45) is 4.33. The first-order chi connectivity index (χ1) is 9.25. The Balaban J connectivity index is 0.00000147. The minimum absolute atomic E-state index is 0. The van der Waals surface area contributed by atoms with Crippen molar-refractivity contribution in [2.45, 2.75) is 0 Å². The van der Waals surface area contributed by atoms with Crippen LogP contribution in [0.2, 0.25) is 0 Å². The SMILES string of the molecule is Cn1cc([N+](C)=Cc2ccccc2)c2ccccc21.[Cl-]. The average molecular weight is 285 g/mol. The first-order valence-corrected chi connectivity index (χ1v) is 6.42. The van der Waals surface area contributed by atoms with Crippen molar-refractivity contribution < 1.29 is 17.0 Å². The second-order valence-electron chi connectivity index (χ2n) is 4.79. The molecule has 3 heteroatoms. The minimum Gasteiger partial charge on any atom is -1.00 e. The fraction of sp³-hybridized carbons (Fsp3) is 0.118. The molecule has 0 radical (unpaired) electrons. The van der Waals surface area contributed by atoms with E-state index in [9.17, 15) is 0 Å². The Kier molecular flexibility index (Phi) is 4.26. The number of nitrogens with zero attached hydrogens (tertiary/aromatic N) is 2. The zero-order valence-corrected chi connectivity index (χ0v) is 12.4. The minimum atomic E-state index is 0. The maximum atomic E-state index is 2.18. The highest BCUT2D eigenvalue weighted by molar-refractivity contribution is 5.90. The monoisotopic (exact) mass is 284 g/mol. The van der Waals surface area contributed by atoms with Crippen molar-refractivity contribution >= 4 is 22.8 Å². The van der Waals surface area contributed by atoms with Crippen LogP contribution in [-0.4, -0.2) is 22.4 Å². The fourth-order valence-corrected chi connectivity index (χ4v) is 2.43. The Bertz CT molecular complexity index is 742. The molecular weight excluding hydrogens is 268 g/mol. The molecule has 0 N–H and O–H groups in total. The van der Waals surface area contributed by atoms with E-state index in [-0.39, 0.29) is 12.4 Å². The van der Waals surface area contributed by atoms with Gasteiger partial charge in [0.25, 0.3) is 0 Å². The summed E-state index contributed by atoms with van der Waals surface area (Å²) in [7, 11) is 4.18. The molecule has 0 aliphatic heterocycles. The van der Waals surface area contributed by atoms with Gasteiger partial charge in [-0.2, -0.15) is 4.58 Å². The fourth-order valence-electron chi connectivity index (χ4n) is 2.43. The number of hydrogen-bond donors (Lipinski definition) is 0. The van der Waals surface area contributed by atoms with Crippen LogP contribution in [0.5, 0.6) is 0 Å². The molecule has 1 heterocycles. The summed E-state index contributed by atoms with van der Waals surface area (Å²) in [5, 5.41) is 1.28. The number of aryl methyl sites for hydroxylation is 1. The van der Waals surface area contributed by atoms with E-state index in [1.165, 1.54) is 22.2 Å². The molecule has 0 fully saturated rings. The number of hydrogen-bond acceptors (Lipinski definition) is 0. The normalized spacial score (nSPS) is 11.4. The summed E-state index contributed by atoms with van der Waals surface area (Å²) in [4.78, 5) is 0. The van der Waals surface area contributed by atoms with E-state index in [1.54, 1.807) is 0 Å². The molecule has 2 nitrogen and oxygen atoms in total. The third-order valence-electron chi connectivity index (χ3n) is 3.40. The van der Waals surface area contributed by atoms with Gasteiger partial charge in [-0.25, -0.2) is 0 Å². The van der Waals surface area contributed by atoms with Crippen molar-refractivity contribution in [1.29, 1.82) is 0 Å². The third kappa shape index (κ3) is 2.61. The lowest BCUT2D eigenvalue weighted by molar-refractivity contribution is -0.397. The van der Waals surface area contributed by atoms with Crippen LogP contribution in [0, 0.1) is 0 Å². The molecule has 0 aliphatic rings. The molecule has 2 aromatic carbocycles. The lowest BCUT2D eigenvalue weighted by atomic mass is 10.2. The van der Waals surface area contributed by atoms with Gasteiger partial charge in [-0.15, -0.1) is 0 Å². The first kappa shape index (κ1) is 14.4. The molecule has 0 atom stereocenters. The zero-order chi connectivity index (χ0) is 13.2. The predicted molar refractivity (Wildman–Crippen MR) is 80.4 cm³/mol. The van der Waals surface area contributed by atoms with Crippen LogP contribution in [0.15, 0.2) is 60.8 Å². The lowest BCUT2D eigenvalue weighted by Crippen LogP contribution is -3.00. The van der Waals surface area contributed by atoms with Gasteiger partial charge in [0.05, 0.1) is 17.1 Å². The molecule has 3 aromatic rings. The Morgan fingerprint density at radius 1 is 0.950 bits per heavy atom. The van der Waals surface area contributed by atoms with Crippen molar-refractivity contribution in [2.75, 3.05) is 7.05 Å². The van der Waals surface area contributed by atoms with Gasteiger partial charge in [-0.3, -0.25) is 0 Å². The summed E-state index contributed by atoms with van der Waals surface area (Å²) < 4.78 is 4.34. The molecule has 102 valence electrons. The van der Waals surface area contributed by atoms with E-state index in [4.69, 9.17) is 0 Å². The van der Waals surface area contributed by atoms with Crippen LogP contribution in [0.25, 0.3) is 10.9 Å². The van der Waals surface area contributed by atoms with E-state index >= 15 is 0 Å². The van der Waals surface area contributed by atoms with Gasteiger partial charge in [0.2, 0.25) is 5.69 Å². The zero-order valence-electron chi connectivity index (χ0n) is 11.6. The van der Waals surface area contributed by atoms with Gasteiger partial charge in [0.15, 0.2) is 6.21 Å². The van der Waals surface area contributed by atoms with Gasteiger partial charge in [0, 0.05) is 12.6 Å². The number of fused-ring (bicyclic) bond motifs is 1. The van der Waals surface area contributed by atoms with Crippen LogP contribution in [0.1, 0.15) is 5.56 Å². The Hall–Kier alpha value is -2.06. The highest BCUT2D eigenvalue weighted by Crippen LogP contribution is 2.26. The van der Waals surface area contributed by atoms with Crippen molar-refractivity contribution in [3.8, 4) is 0 Å². The van der Waals surface area contributed by atoms with Crippen molar-refractivity contribution in [3.05, 3.63) is 66.4 Å². The summed E-state index contributed by atoms with van der Waals surface area (Å²) in [6, 6.07) is 18.9. The quantitative estimate of drug-likeness (QED) is 0.480. The van der Waals surface area contributed by atoms with Crippen LogP contribution in [0.3, 0.4) is 0 Å². The van der Waals surface area contributed by atoms with Crippen LogP contribution in [0.4, 0.5) is 5.69 Å². The average Bonchev–Trinajstić information content (AvgIpc) is 2.78. The second kappa shape index (κ2) is 5.93. The second-order valence-corrected chi connectivity index (χ2v) is 4.79. The van der Waals surface area contributed by atoms with E-state index in [0.717, 1.165) is 0 Å².